The maximum Gasteiger partial charge on any atom is 0.290 e. The number of ketones is 1. The van der Waals surface area contributed by atoms with Gasteiger partial charge >= 0.3 is 0 Å². The van der Waals surface area contributed by atoms with Crippen LogP contribution in [0.25, 0.3) is 0 Å². The first-order chi connectivity index (χ1) is 9.44. The zero-order chi connectivity index (χ0) is 15.3. The normalized spacial score (nSPS) is 9.60. The highest BCUT2D eigenvalue weighted by molar-refractivity contribution is 6.08. The van der Waals surface area contributed by atoms with E-state index in [0.29, 0.717) is 22.7 Å². The number of hydrogen-bond acceptors (Lipinski definition) is 5. The van der Waals surface area contributed by atoms with E-state index >= 15 is 0 Å². The molecule has 1 aromatic rings. The maximum atomic E-state index is 11.8. The summed E-state index contributed by atoms with van der Waals surface area (Å²) in [5, 5.41) is 2.55. The van der Waals surface area contributed by atoms with E-state index in [2.05, 4.69) is 11.9 Å². The molecule has 20 heavy (non-hydrogen) atoms. The fourth-order valence-corrected chi connectivity index (χ4v) is 1.56. The van der Waals surface area contributed by atoms with Crippen molar-refractivity contribution in [1.29, 1.82) is 0 Å². The molecule has 0 saturated heterocycles. The van der Waals surface area contributed by atoms with Gasteiger partial charge in [0.1, 0.15) is 0 Å². The van der Waals surface area contributed by atoms with Gasteiger partial charge in [0.25, 0.3) is 5.91 Å². The second-order valence-electron chi connectivity index (χ2n) is 3.89. The van der Waals surface area contributed by atoms with Gasteiger partial charge in [-0.25, -0.2) is 0 Å². The zero-order valence-corrected chi connectivity index (χ0v) is 11.9. The first kappa shape index (κ1) is 15.6. The van der Waals surface area contributed by atoms with Crippen LogP contribution in [-0.4, -0.2) is 33.0 Å². The van der Waals surface area contributed by atoms with Crippen molar-refractivity contribution in [3.63, 3.8) is 0 Å². The Kier molecular flexibility index (Phi) is 5.14. The molecule has 108 valence electrons. The Balaban J connectivity index is 3.26. The molecule has 0 fully saturated rings. The van der Waals surface area contributed by atoms with Crippen molar-refractivity contribution in [2.45, 2.75) is 6.92 Å². The predicted octanol–water partition coefficient (Wildman–Crippen LogP) is 2.00. The third-order valence-electron chi connectivity index (χ3n) is 2.65. The molecular weight excluding hydrogens is 262 g/mol. The van der Waals surface area contributed by atoms with E-state index in [0.717, 1.165) is 0 Å². The van der Waals surface area contributed by atoms with Gasteiger partial charge in [-0.3, -0.25) is 9.59 Å². The van der Waals surface area contributed by atoms with Crippen LogP contribution in [-0.2, 0) is 9.53 Å². The molecule has 0 radical (unpaired) electrons. The summed E-state index contributed by atoms with van der Waals surface area (Å²) in [6.45, 7) is 4.84. The maximum absolute atomic E-state index is 11.8. The summed E-state index contributed by atoms with van der Waals surface area (Å²) in [6, 6.07) is 3.02. The Hall–Kier alpha value is -2.50. The number of rotatable bonds is 6. The number of nitrogens with one attached hydrogen (secondary N) is 1. The van der Waals surface area contributed by atoms with Gasteiger partial charge in [0.15, 0.2) is 23.0 Å². The topological polar surface area (TPSA) is 73.9 Å². The standard InChI is InChI=1S/C14H17NO5/c1-8(16)10-6-12(19-4)13(20-5)7-11(10)15-14(17)9(2)18-3/h6-7H,2H2,1,3-5H3,(H,15,17). The number of benzene rings is 1. The first-order valence-corrected chi connectivity index (χ1v) is 5.75. The van der Waals surface area contributed by atoms with E-state index in [9.17, 15) is 9.59 Å². The SMILES string of the molecule is C=C(OC)C(=O)Nc1cc(OC)c(OC)cc1C(C)=O. The molecule has 0 aliphatic heterocycles. The van der Waals surface area contributed by atoms with E-state index < -0.39 is 5.91 Å². The van der Waals surface area contributed by atoms with Crippen LogP contribution in [0.5, 0.6) is 11.5 Å². The van der Waals surface area contributed by atoms with Crippen molar-refractivity contribution < 1.29 is 23.8 Å². The Morgan fingerprint density at radius 3 is 2.10 bits per heavy atom. The van der Waals surface area contributed by atoms with Gasteiger partial charge in [0.2, 0.25) is 0 Å². The molecule has 1 rings (SSSR count). The number of amides is 1. The summed E-state index contributed by atoms with van der Waals surface area (Å²) in [6.07, 6.45) is 0. The van der Waals surface area contributed by atoms with Crippen molar-refractivity contribution in [1.82, 2.24) is 0 Å². The molecule has 0 atom stereocenters. The Morgan fingerprint density at radius 2 is 1.65 bits per heavy atom. The Labute approximate surface area is 117 Å². The molecular formula is C14H17NO5. The number of anilines is 1. The van der Waals surface area contributed by atoms with E-state index in [1.54, 1.807) is 0 Å². The zero-order valence-electron chi connectivity index (χ0n) is 11.9. The van der Waals surface area contributed by atoms with Crippen LogP contribution in [0, 0.1) is 0 Å². The van der Waals surface area contributed by atoms with Gasteiger partial charge in [-0.05, 0) is 13.0 Å². The van der Waals surface area contributed by atoms with Crippen LogP contribution in [0.1, 0.15) is 17.3 Å². The van der Waals surface area contributed by atoms with Gasteiger partial charge in [0.05, 0.1) is 27.0 Å². The average Bonchev–Trinajstić information content (AvgIpc) is 2.45. The van der Waals surface area contributed by atoms with E-state index in [-0.39, 0.29) is 11.5 Å². The molecule has 0 spiro atoms. The summed E-state index contributed by atoms with van der Waals surface area (Å²) >= 11 is 0. The van der Waals surface area contributed by atoms with Gasteiger partial charge in [-0.2, -0.15) is 0 Å². The average molecular weight is 279 g/mol. The van der Waals surface area contributed by atoms with Crippen LogP contribution < -0.4 is 14.8 Å². The number of Topliss-reactive ketones (excluding diaryl/α,β-unsaturated/α-hetero) is 1. The van der Waals surface area contributed by atoms with Crippen LogP contribution >= 0.6 is 0 Å². The molecule has 1 N–H and O–H groups in total. The van der Waals surface area contributed by atoms with E-state index in [4.69, 9.17) is 14.2 Å². The van der Waals surface area contributed by atoms with Crippen molar-refractivity contribution in [3.8, 4) is 11.5 Å². The van der Waals surface area contributed by atoms with Crippen LogP contribution in [0.3, 0.4) is 0 Å². The van der Waals surface area contributed by atoms with Crippen molar-refractivity contribution in [2.24, 2.45) is 0 Å². The molecule has 0 saturated carbocycles. The number of carbonyl (C=O) groups is 2. The van der Waals surface area contributed by atoms with Gasteiger partial charge in [-0.15, -0.1) is 0 Å². The van der Waals surface area contributed by atoms with Crippen molar-refractivity contribution in [3.05, 3.63) is 30.0 Å². The van der Waals surface area contributed by atoms with Crippen molar-refractivity contribution >= 4 is 17.4 Å². The quantitative estimate of drug-likeness (QED) is 0.490. The highest BCUT2D eigenvalue weighted by Crippen LogP contribution is 2.33. The lowest BCUT2D eigenvalue weighted by molar-refractivity contribution is -0.115. The molecule has 0 aromatic heterocycles. The van der Waals surface area contributed by atoms with Crippen molar-refractivity contribution in [2.75, 3.05) is 26.6 Å². The highest BCUT2D eigenvalue weighted by atomic mass is 16.5. The lowest BCUT2D eigenvalue weighted by Crippen LogP contribution is -2.17. The minimum atomic E-state index is -0.540. The lowest BCUT2D eigenvalue weighted by atomic mass is 10.1. The molecule has 0 aliphatic carbocycles. The fourth-order valence-electron chi connectivity index (χ4n) is 1.56. The third kappa shape index (κ3) is 3.28. The molecule has 6 heteroatoms. The first-order valence-electron chi connectivity index (χ1n) is 5.75. The van der Waals surface area contributed by atoms with E-state index in [1.807, 2.05) is 0 Å². The highest BCUT2D eigenvalue weighted by Gasteiger charge is 2.17. The molecule has 1 amide bonds. The summed E-state index contributed by atoms with van der Waals surface area (Å²) in [4.78, 5) is 23.4. The summed E-state index contributed by atoms with van der Waals surface area (Å²) in [5.41, 5.74) is 0.609. The minimum absolute atomic E-state index is 0.0608. The molecule has 6 nitrogen and oxygen atoms in total. The monoisotopic (exact) mass is 279 g/mol. The minimum Gasteiger partial charge on any atom is -0.493 e. The van der Waals surface area contributed by atoms with E-state index in [1.165, 1.54) is 40.4 Å². The second-order valence-corrected chi connectivity index (χ2v) is 3.89. The molecule has 0 aliphatic rings. The van der Waals surface area contributed by atoms with Crippen LogP contribution in [0.4, 0.5) is 5.69 Å². The Morgan fingerprint density at radius 1 is 1.10 bits per heavy atom. The molecule has 0 unspecified atom stereocenters. The second kappa shape index (κ2) is 6.60. The van der Waals surface area contributed by atoms with Gasteiger partial charge in [-0.1, -0.05) is 6.58 Å². The number of methoxy groups -OCH3 is 3. The van der Waals surface area contributed by atoms with Crippen LogP contribution in [0.15, 0.2) is 24.5 Å². The summed E-state index contributed by atoms with van der Waals surface area (Å²) in [5.74, 6) is -0.0158. The van der Waals surface area contributed by atoms with Gasteiger partial charge < -0.3 is 19.5 Å². The molecule has 0 heterocycles. The smallest absolute Gasteiger partial charge is 0.290 e. The number of ether oxygens (including phenoxy) is 3. The Bertz CT molecular complexity index is 551. The third-order valence-corrected chi connectivity index (χ3v) is 2.65. The van der Waals surface area contributed by atoms with Gasteiger partial charge in [0, 0.05) is 11.6 Å². The largest absolute Gasteiger partial charge is 0.493 e. The fraction of sp³-hybridized carbons (Fsp3) is 0.286. The molecule has 1 aromatic carbocycles. The van der Waals surface area contributed by atoms with Crippen LogP contribution in [0.2, 0.25) is 0 Å². The summed E-state index contributed by atoms with van der Waals surface area (Å²) in [7, 11) is 4.26. The lowest BCUT2D eigenvalue weighted by Gasteiger charge is -2.14. The molecule has 0 bridgehead atoms. The summed E-state index contributed by atoms with van der Waals surface area (Å²) < 4.78 is 15.0. The predicted molar refractivity (Wildman–Crippen MR) is 74.3 cm³/mol. The number of hydrogen-bond donors (Lipinski definition) is 1. The number of carbonyl (C=O) groups excluding carboxylic acids is 2.